The molecule has 2 aromatic rings. The third-order valence-corrected chi connectivity index (χ3v) is 4.18. The molecule has 2 nitrogen and oxygen atoms in total. The van der Waals surface area contributed by atoms with Gasteiger partial charge in [0, 0.05) is 5.41 Å². The SMILES string of the molecule is CCC(CO)(CCCOc1ccccc1)c1ccccc1. The first-order chi connectivity index (χ1) is 10.3. The lowest BCUT2D eigenvalue weighted by Crippen LogP contribution is -2.30. The summed E-state index contributed by atoms with van der Waals surface area (Å²) in [6.45, 7) is 3.00. The van der Waals surface area contributed by atoms with Gasteiger partial charge in [-0.3, -0.25) is 0 Å². The minimum atomic E-state index is -0.151. The highest BCUT2D eigenvalue weighted by molar-refractivity contribution is 5.25. The van der Waals surface area contributed by atoms with Gasteiger partial charge in [0.05, 0.1) is 13.2 Å². The fourth-order valence-corrected chi connectivity index (χ4v) is 2.72. The summed E-state index contributed by atoms with van der Waals surface area (Å²) in [7, 11) is 0. The summed E-state index contributed by atoms with van der Waals surface area (Å²) in [5.74, 6) is 0.906. The highest BCUT2D eigenvalue weighted by atomic mass is 16.5. The monoisotopic (exact) mass is 284 g/mol. The Kier molecular flexibility index (Phi) is 5.82. The summed E-state index contributed by atoms with van der Waals surface area (Å²) in [5, 5.41) is 9.91. The minimum Gasteiger partial charge on any atom is -0.494 e. The van der Waals surface area contributed by atoms with Crippen molar-refractivity contribution in [1.82, 2.24) is 0 Å². The van der Waals surface area contributed by atoms with Crippen LogP contribution < -0.4 is 4.74 Å². The molecule has 0 fully saturated rings. The Morgan fingerprint density at radius 1 is 0.952 bits per heavy atom. The molecule has 0 aliphatic carbocycles. The maximum Gasteiger partial charge on any atom is 0.119 e. The van der Waals surface area contributed by atoms with E-state index in [9.17, 15) is 5.11 Å². The van der Waals surface area contributed by atoms with Crippen molar-refractivity contribution < 1.29 is 9.84 Å². The van der Waals surface area contributed by atoms with Crippen LogP contribution in [0.2, 0.25) is 0 Å². The van der Waals surface area contributed by atoms with Crippen molar-refractivity contribution in [3.05, 3.63) is 66.2 Å². The summed E-state index contributed by atoms with van der Waals surface area (Å²) >= 11 is 0. The van der Waals surface area contributed by atoms with E-state index in [1.807, 2.05) is 48.5 Å². The van der Waals surface area contributed by atoms with Gasteiger partial charge in [-0.15, -0.1) is 0 Å². The number of hydrogen-bond acceptors (Lipinski definition) is 2. The lowest BCUT2D eigenvalue weighted by Gasteiger charge is -2.31. The maximum absolute atomic E-state index is 9.91. The molecule has 112 valence electrons. The highest BCUT2D eigenvalue weighted by Gasteiger charge is 2.28. The number of benzene rings is 2. The van der Waals surface area contributed by atoms with E-state index >= 15 is 0 Å². The molecule has 2 aromatic carbocycles. The normalized spacial score (nSPS) is 13.6. The highest BCUT2D eigenvalue weighted by Crippen LogP contribution is 2.32. The third kappa shape index (κ3) is 4.08. The van der Waals surface area contributed by atoms with E-state index in [1.54, 1.807) is 0 Å². The average Bonchev–Trinajstić information content (AvgIpc) is 2.57. The van der Waals surface area contributed by atoms with Crippen molar-refractivity contribution in [1.29, 1.82) is 0 Å². The average molecular weight is 284 g/mol. The predicted octanol–water partition coefficient (Wildman–Crippen LogP) is 4.19. The first-order valence-electron chi connectivity index (χ1n) is 7.65. The largest absolute Gasteiger partial charge is 0.494 e. The Labute approximate surface area is 127 Å². The molecule has 0 aliphatic rings. The Hall–Kier alpha value is -1.80. The molecule has 2 heteroatoms. The standard InChI is InChI=1S/C19H24O2/c1-2-19(16-20,17-10-5-3-6-11-17)14-9-15-21-18-12-7-4-8-13-18/h3-8,10-13,20H,2,9,14-16H2,1H3. The van der Waals surface area contributed by atoms with E-state index in [-0.39, 0.29) is 12.0 Å². The van der Waals surface area contributed by atoms with Gasteiger partial charge in [0.2, 0.25) is 0 Å². The minimum absolute atomic E-state index is 0.151. The molecule has 0 radical (unpaired) electrons. The van der Waals surface area contributed by atoms with Gasteiger partial charge >= 0.3 is 0 Å². The summed E-state index contributed by atoms with van der Waals surface area (Å²) in [6, 6.07) is 20.2. The van der Waals surface area contributed by atoms with E-state index in [2.05, 4.69) is 19.1 Å². The molecule has 1 unspecified atom stereocenters. The van der Waals surface area contributed by atoms with E-state index < -0.39 is 0 Å². The summed E-state index contributed by atoms with van der Waals surface area (Å²) in [6.07, 6.45) is 2.79. The second-order valence-electron chi connectivity index (χ2n) is 5.42. The Balaban J connectivity index is 1.92. The number of rotatable bonds is 8. The number of hydrogen-bond donors (Lipinski definition) is 1. The first-order valence-corrected chi connectivity index (χ1v) is 7.65. The topological polar surface area (TPSA) is 29.5 Å². The van der Waals surface area contributed by atoms with E-state index in [1.165, 1.54) is 5.56 Å². The molecular formula is C19H24O2. The van der Waals surface area contributed by atoms with E-state index in [4.69, 9.17) is 4.74 Å². The smallest absolute Gasteiger partial charge is 0.119 e. The van der Waals surface area contributed by atoms with Gasteiger partial charge in [0.15, 0.2) is 0 Å². The lowest BCUT2D eigenvalue weighted by atomic mass is 9.75. The molecule has 0 aromatic heterocycles. The van der Waals surface area contributed by atoms with Crippen LogP contribution in [0.5, 0.6) is 5.75 Å². The molecule has 0 amide bonds. The second-order valence-corrected chi connectivity index (χ2v) is 5.42. The quantitative estimate of drug-likeness (QED) is 0.737. The molecule has 0 bridgehead atoms. The zero-order valence-electron chi connectivity index (χ0n) is 12.7. The number of aliphatic hydroxyl groups is 1. The second kappa shape index (κ2) is 7.84. The van der Waals surface area contributed by atoms with Gasteiger partial charge in [-0.2, -0.15) is 0 Å². The molecule has 1 atom stereocenters. The van der Waals surface area contributed by atoms with Crippen LogP contribution in [0.3, 0.4) is 0 Å². The van der Waals surface area contributed by atoms with Gasteiger partial charge in [0.25, 0.3) is 0 Å². The molecular weight excluding hydrogens is 260 g/mol. The van der Waals surface area contributed by atoms with Crippen molar-refractivity contribution >= 4 is 0 Å². The summed E-state index contributed by atoms with van der Waals surface area (Å²) in [4.78, 5) is 0. The number of para-hydroxylation sites is 1. The van der Waals surface area contributed by atoms with Crippen LogP contribution >= 0.6 is 0 Å². The fourth-order valence-electron chi connectivity index (χ4n) is 2.72. The van der Waals surface area contributed by atoms with Gasteiger partial charge in [0.1, 0.15) is 5.75 Å². The van der Waals surface area contributed by atoms with Gasteiger partial charge in [-0.25, -0.2) is 0 Å². The van der Waals surface area contributed by atoms with E-state index in [0.29, 0.717) is 6.61 Å². The van der Waals surface area contributed by atoms with Crippen LogP contribution in [0.15, 0.2) is 60.7 Å². The van der Waals surface area contributed by atoms with Crippen LogP contribution in [0.1, 0.15) is 31.7 Å². The van der Waals surface area contributed by atoms with Crippen molar-refractivity contribution in [2.24, 2.45) is 0 Å². The molecule has 1 N–H and O–H groups in total. The fraction of sp³-hybridized carbons (Fsp3) is 0.368. The van der Waals surface area contributed by atoms with Gasteiger partial charge in [-0.05, 0) is 37.0 Å². The first kappa shape index (κ1) is 15.6. The van der Waals surface area contributed by atoms with Crippen LogP contribution in [-0.4, -0.2) is 18.3 Å². The lowest BCUT2D eigenvalue weighted by molar-refractivity contribution is 0.167. The Bertz CT molecular complexity index is 504. The molecule has 0 heterocycles. The molecule has 0 spiro atoms. The third-order valence-electron chi connectivity index (χ3n) is 4.18. The Morgan fingerprint density at radius 3 is 2.14 bits per heavy atom. The molecule has 0 saturated heterocycles. The summed E-state index contributed by atoms with van der Waals surface area (Å²) in [5.41, 5.74) is 1.07. The van der Waals surface area contributed by atoms with Crippen molar-refractivity contribution in [3.63, 3.8) is 0 Å². The zero-order valence-corrected chi connectivity index (χ0v) is 12.7. The van der Waals surface area contributed by atoms with Crippen molar-refractivity contribution in [3.8, 4) is 5.75 Å². The van der Waals surface area contributed by atoms with Crippen LogP contribution in [-0.2, 0) is 5.41 Å². The van der Waals surface area contributed by atoms with Gasteiger partial charge < -0.3 is 9.84 Å². The maximum atomic E-state index is 9.91. The molecule has 2 rings (SSSR count). The zero-order chi connectivity index (χ0) is 15.0. The van der Waals surface area contributed by atoms with Crippen LogP contribution in [0.25, 0.3) is 0 Å². The Morgan fingerprint density at radius 2 is 1.57 bits per heavy atom. The van der Waals surface area contributed by atoms with Crippen molar-refractivity contribution in [2.75, 3.05) is 13.2 Å². The molecule has 0 aliphatic heterocycles. The summed E-state index contributed by atoms with van der Waals surface area (Å²) < 4.78 is 5.74. The van der Waals surface area contributed by atoms with Crippen molar-refractivity contribution in [2.45, 2.75) is 31.6 Å². The van der Waals surface area contributed by atoms with Gasteiger partial charge in [-0.1, -0.05) is 55.5 Å². The van der Waals surface area contributed by atoms with Crippen LogP contribution in [0.4, 0.5) is 0 Å². The predicted molar refractivity (Wildman–Crippen MR) is 86.7 cm³/mol. The molecule has 0 saturated carbocycles. The van der Waals surface area contributed by atoms with E-state index in [0.717, 1.165) is 25.0 Å². The van der Waals surface area contributed by atoms with Crippen LogP contribution in [0, 0.1) is 0 Å². The number of aliphatic hydroxyl groups excluding tert-OH is 1. The number of ether oxygens (including phenoxy) is 1. The molecule has 21 heavy (non-hydrogen) atoms.